The van der Waals surface area contributed by atoms with E-state index in [1.165, 1.54) is 12.3 Å². The van der Waals surface area contributed by atoms with Crippen molar-refractivity contribution in [3.05, 3.63) is 35.6 Å². The largest absolute Gasteiger partial charge is 0.357 e. The maximum atomic E-state index is 13.6. The number of likely N-dealkylation sites (tertiary alicyclic amines) is 1. The van der Waals surface area contributed by atoms with Crippen molar-refractivity contribution in [1.29, 1.82) is 0 Å². The van der Waals surface area contributed by atoms with E-state index < -0.39 is 9.84 Å². The van der Waals surface area contributed by atoms with Crippen molar-refractivity contribution in [1.82, 2.24) is 15.5 Å². The molecule has 2 rings (SSSR count). The Labute approximate surface area is 174 Å². The van der Waals surface area contributed by atoms with E-state index in [1.807, 2.05) is 13.0 Å². The standard InChI is InChI=1S/C21H35FN4O2S/c1-5-23-20(24-16-21(2,3)17-7-6-8-18(22)15-17)25-19-9-11-26(12-10-19)13-14-29(4,27)28/h6-8,15,19H,5,9-14,16H2,1-4H3,(H2,23,24,25). The zero-order valence-electron chi connectivity index (χ0n) is 18.0. The quantitative estimate of drug-likeness (QED) is 0.492. The summed E-state index contributed by atoms with van der Waals surface area (Å²) in [4.78, 5) is 6.96. The molecule has 1 aromatic rings. The van der Waals surface area contributed by atoms with Gasteiger partial charge in [0.15, 0.2) is 5.96 Å². The van der Waals surface area contributed by atoms with Gasteiger partial charge in [0.25, 0.3) is 0 Å². The third-order valence-corrected chi connectivity index (χ3v) is 6.21. The van der Waals surface area contributed by atoms with Crippen LogP contribution in [0.4, 0.5) is 4.39 Å². The van der Waals surface area contributed by atoms with Crippen molar-refractivity contribution in [3.8, 4) is 0 Å². The van der Waals surface area contributed by atoms with Crippen LogP contribution in [0.2, 0.25) is 0 Å². The first-order valence-electron chi connectivity index (χ1n) is 10.3. The fourth-order valence-corrected chi connectivity index (χ4v) is 3.98. The van der Waals surface area contributed by atoms with Gasteiger partial charge in [0.05, 0.1) is 12.3 Å². The first-order valence-corrected chi connectivity index (χ1v) is 12.4. The summed E-state index contributed by atoms with van der Waals surface area (Å²) in [5.74, 6) is 0.753. The molecule has 0 atom stereocenters. The number of guanidine groups is 1. The first kappa shape index (κ1) is 23.6. The number of halogens is 1. The van der Waals surface area contributed by atoms with Gasteiger partial charge in [-0.2, -0.15) is 0 Å². The highest BCUT2D eigenvalue weighted by molar-refractivity contribution is 7.90. The second kappa shape index (κ2) is 10.4. The molecular weight excluding hydrogens is 391 g/mol. The van der Waals surface area contributed by atoms with Crippen LogP contribution in [-0.2, 0) is 15.3 Å². The van der Waals surface area contributed by atoms with Crippen molar-refractivity contribution >= 4 is 15.8 Å². The minimum Gasteiger partial charge on any atom is -0.357 e. The molecular formula is C21H35FN4O2S. The molecule has 2 N–H and O–H groups in total. The van der Waals surface area contributed by atoms with Gasteiger partial charge in [-0.3, -0.25) is 4.99 Å². The minimum atomic E-state index is -2.92. The Morgan fingerprint density at radius 3 is 2.59 bits per heavy atom. The van der Waals surface area contributed by atoms with Gasteiger partial charge < -0.3 is 15.5 Å². The lowest BCUT2D eigenvalue weighted by atomic mass is 9.85. The van der Waals surface area contributed by atoms with Crippen LogP contribution in [0, 0.1) is 5.82 Å². The Balaban J connectivity index is 1.91. The average Bonchev–Trinajstić information content (AvgIpc) is 2.65. The third-order valence-electron chi connectivity index (χ3n) is 5.29. The van der Waals surface area contributed by atoms with Crippen LogP contribution in [0.15, 0.2) is 29.3 Å². The van der Waals surface area contributed by atoms with Crippen LogP contribution >= 0.6 is 0 Å². The van der Waals surface area contributed by atoms with Crippen LogP contribution in [-0.4, -0.2) is 70.1 Å². The number of hydrogen-bond donors (Lipinski definition) is 2. The van der Waals surface area contributed by atoms with Crippen LogP contribution < -0.4 is 10.6 Å². The van der Waals surface area contributed by atoms with Gasteiger partial charge in [-0.15, -0.1) is 0 Å². The van der Waals surface area contributed by atoms with Crippen molar-refractivity contribution in [2.75, 3.05) is 44.7 Å². The molecule has 0 radical (unpaired) electrons. The van der Waals surface area contributed by atoms with Crippen molar-refractivity contribution < 1.29 is 12.8 Å². The molecule has 1 aliphatic rings. The van der Waals surface area contributed by atoms with E-state index in [0.29, 0.717) is 19.1 Å². The fourth-order valence-electron chi connectivity index (χ4n) is 3.39. The van der Waals surface area contributed by atoms with E-state index in [1.54, 1.807) is 12.1 Å². The lowest BCUT2D eigenvalue weighted by molar-refractivity contribution is 0.216. The van der Waals surface area contributed by atoms with Gasteiger partial charge in [-0.05, 0) is 37.5 Å². The number of sulfone groups is 1. The monoisotopic (exact) mass is 426 g/mol. The average molecular weight is 427 g/mol. The number of hydrogen-bond acceptors (Lipinski definition) is 4. The molecule has 1 heterocycles. The van der Waals surface area contributed by atoms with Gasteiger partial charge in [0.2, 0.25) is 0 Å². The molecule has 0 bridgehead atoms. The van der Waals surface area contributed by atoms with Gasteiger partial charge in [0, 0.05) is 43.9 Å². The van der Waals surface area contributed by atoms with E-state index in [4.69, 9.17) is 4.99 Å². The van der Waals surface area contributed by atoms with Gasteiger partial charge in [0.1, 0.15) is 15.7 Å². The van der Waals surface area contributed by atoms with E-state index in [2.05, 4.69) is 29.4 Å². The molecule has 1 aromatic carbocycles. The van der Waals surface area contributed by atoms with Crippen molar-refractivity contribution in [3.63, 3.8) is 0 Å². The van der Waals surface area contributed by atoms with Crippen LogP contribution in [0.1, 0.15) is 39.2 Å². The zero-order valence-corrected chi connectivity index (χ0v) is 18.9. The van der Waals surface area contributed by atoms with Gasteiger partial charge >= 0.3 is 0 Å². The van der Waals surface area contributed by atoms with E-state index in [9.17, 15) is 12.8 Å². The van der Waals surface area contributed by atoms with Gasteiger partial charge in [-0.1, -0.05) is 26.0 Å². The topological polar surface area (TPSA) is 73.8 Å². The van der Waals surface area contributed by atoms with Crippen molar-refractivity contribution in [2.24, 2.45) is 4.99 Å². The summed E-state index contributed by atoms with van der Waals surface area (Å²) in [6, 6.07) is 7.00. The lowest BCUT2D eigenvalue weighted by Gasteiger charge is -2.33. The van der Waals surface area contributed by atoms with Crippen LogP contribution in [0.3, 0.4) is 0 Å². The second-order valence-corrected chi connectivity index (χ2v) is 10.7. The van der Waals surface area contributed by atoms with E-state index in [0.717, 1.165) is 44.0 Å². The van der Waals surface area contributed by atoms with E-state index in [-0.39, 0.29) is 17.0 Å². The molecule has 0 amide bonds. The van der Waals surface area contributed by atoms with E-state index >= 15 is 0 Å². The number of piperidine rings is 1. The Morgan fingerprint density at radius 2 is 2.00 bits per heavy atom. The maximum Gasteiger partial charge on any atom is 0.191 e. The summed E-state index contributed by atoms with van der Waals surface area (Å²) in [7, 11) is -2.92. The van der Waals surface area contributed by atoms with Gasteiger partial charge in [-0.25, -0.2) is 12.8 Å². The molecule has 0 unspecified atom stereocenters. The minimum absolute atomic E-state index is 0.213. The summed E-state index contributed by atoms with van der Waals surface area (Å²) in [6.07, 6.45) is 3.18. The summed E-state index contributed by atoms with van der Waals surface area (Å²) in [5.41, 5.74) is 0.649. The predicted molar refractivity (Wildman–Crippen MR) is 118 cm³/mol. The van der Waals surface area contributed by atoms with Crippen molar-refractivity contribution in [2.45, 2.75) is 45.1 Å². The summed E-state index contributed by atoms with van der Waals surface area (Å²) in [5, 5.41) is 6.80. The third kappa shape index (κ3) is 8.30. The molecule has 0 aromatic heterocycles. The second-order valence-electron chi connectivity index (χ2n) is 8.48. The van der Waals surface area contributed by atoms with Crippen LogP contribution in [0.5, 0.6) is 0 Å². The molecule has 8 heteroatoms. The summed E-state index contributed by atoms with van der Waals surface area (Å²) >= 11 is 0. The molecule has 1 fully saturated rings. The Kier molecular flexibility index (Phi) is 8.46. The first-order chi connectivity index (χ1) is 13.6. The molecule has 1 aliphatic heterocycles. The highest BCUT2D eigenvalue weighted by Crippen LogP contribution is 2.24. The molecule has 6 nitrogen and oxygen atoms in total. The van der Waals surface area contributed by atoms with Crippen LogP contribution in [0.25, 0.3) is 0 Å². The fraction of sp³-hybridized carbons (Fsp3) is 0.667. The Bertz CT molecular complexity index is 788. The highest BCUT2D eigenvalue weighted by Gasteiger charge is 2.23. The Hall–Kier alpha value is -1.67. The Morgan fingerprint density at radius 1 is 1.31 bits per heavy atom. The lowest BCUT2D eigenvalue weighted by Crippen LogP contribution is -2.49. The predicted octanol–water partition coefficient (Wildman–Crippen LogP) is 2.17. The summed E-state index contributed by atoms with van der Waals surface area (Å²) < 4.78 is 36.3. The normalized spacial score (nSPS) is 17.3. The molecule has 0 saturated carbocycles. The highest BCUT2D eigenvalue weighted by atomic mass is 32.2. The number of nitrogens with zero attached hydrogens (tertiary/aromatic N) is 2. The number of nitrogens with one attached hydrogen (secondary N) is 2. The molecule has 0 spiro atoms. The summed E-state index contributed by atoms with van der Waals surface area (Å²) in [6.45, 7) is 9.82. The number of aliphatic imine (C=N–C) groups is 1. The number of rotatable bonds is 8. The maximum absolute atomic E-state index is 13.6. The molecule has 1 saturated heterocycles. The number of benzene rings is 1. The smallest absolute Gasteiger partial charge is 0.191 e. The zero-order chi connectivity index (χ0) is 21.5. The molecule has 164 valence electrons. The SMILES string of the molecule is CCNC(=NCC(C)(C)c1cccc(F)c1)NC1CCN(CCS(C)(=O)=O)CC1. The molecule has 29 heavy (non-hydrogen) atoms. The molecule has 0 aliphatic carbocycles.